The number of hydrogen-bond donors (Lipinski definition) is 18. The van der Waals surface area contributed by atoms with Gasteiger partial charge in [0.25, 0.3) is 0 Å². The van der Waals surface area contributed by atoms with Crippen LogP contribution in [0.15, 0.2) is 11.6 Å². The van der Waals surface area contributed by atoms with Gasteiger partial charge in [-0.3, -0.25) is 4.79 Å². The highest BCUT2D eigenvalue weighted by atomic mass is 16.8. The van der Waals surface area contributed by atoms with E-state index in [1.165, 1.54) is 13.8 Å². The van der Waals surface area contributed by atoms with Crippen LogP contribution in [0.25, 0.3) is 0 Å². The first-order valence-corrected chi connectivity index (χ1v) is 31.4. The predicted molar refractivity (Wildman–Crippen MR) is 299 cm³/mol. The number of aliphatic hydroxyl groups is 18. The molecule has 5 heterocycles. The van der Waals surface area contributed by atoms with Crippen molar-refractivity contribution in [3.8, 4) is 0 Å². The van der Waals surface area contributed by atoms with E-state index in [9.17, 15) is 91.9 Å². The molecule has 9 rings (SSSR count). The number of ketones is 1. The van der Waals surface area contributed by atoms with Gasteiger partial charge in [-0.15, -0.1) is 0 Å². The van der Waals surface area contributed by atoms with Crippen LogP contribution < -0.4 is 0 Å². The summed E-state index contributed by atoms with van der Waals surface area (Å²) in [4.78, 5) is 15.4. The summed E-state index contributed by atoms with van der Waals surface area (Å²) in [5.74, 6) is -0.178. The van der Waals surface area contributed by atoms with Gasteiger partial charge in [0.2, 0.25) is 0 Å². The van der Waals surface area contributed by atoms with Crippen molar-refractivity contribution in [2.24, 2.45) is 45.3 Å². The summed E-state index contributed by atoms with van der Waals surface area (Å²) < 4.78 is 59.2. The van der Waals surface area contributed by atoms with Crippen LogP contribution in [0.4, 0.5) is 0 Å². The summed E-state index contributed by atoms with van der Waals surface area (Å²) >= 11 is 0. The Labute approximate surface area is 516 Å². The molecule has 8 fully saturated rings. The van der Waals surface area contributed by atoms with Crippen molar-refractivity contribution >= 4 is 5.78 Å². The van der Waals surface area contributed by atoms with Gasteiger partial charge in [-0.2, -0.15) is 0 Å². The fourth-order valence-corrected chi connectivity index (χ4v) is 16.7. The average molecular weight is 1290 g/mol. The summed E-state index contributed by atoms with van der Waals surface area (Å²) in [7, 11) is 0. The lowest BCUT2D eigenvalue weighted by Gasteiger charge is -2.65. The van der Waals surface area contributed by atoms with Crippen molar-refractivity contribution < 1.29 is 144 Å². The topological polar surface area (TPSA) is 474 Å². The second-order valence-corrected chi connectivity index (χ2v) is 28.5. The monoisotopic (exact) mass is 1280 g/mol. The van der Waals surface area contributed by atoms with E-state index >= 15 is 4.79 Å². The highest BCUT2D eigenvalue weighted by molar-refractivity contribution is 5.88. The van der Waals surface area contributed by atoms with Crippen LogP contribution >= 0.6 is 0 Å². The smallest absolute Gasteiger partial charge is 0.187 e. The second kappa shape index (κ2) is 27.4. The molecule has 34 atom stereocenters. The summed E-state index contributed by atoms with van der Waals surface area (Å²) in [5, 5.41) is 192. The average Bonchev–Trinajstić information content (AvgIpc) is 1.66. The van der Waals surface area contributed by atoms with E-state index in [2.05, 4.69) is 33.8 Å². The van der Waals surface area contributed by atoms with Crippen molar-refractivity contribution in [2.75, 3.05) is 33.0 Å². The molecule has 0 unspecified atom stereocenters. The number of Topliss-reactive ketones (excluding diaryl/α,β-unsaturated/α-hetero) is 1. The van der Waals surface area contributed by atoms with Crippen LogP contribution in [0.5, 0.6) is 0 Å². The van der Waals surface area contributed by atoms with Crippen LogP contribution in [0.2, 0.25) is 0 Å². The Morgan fingerprint density at radius 2 is 0.978 bits per heavy atom. The van der Waals surface area contributed by atoms with E-state index in [1.54, 1.807) is 0 Å². The zero-order valence-corrected chi connectivity index (χ0v) is 51.7. The summed E-state index contributed by atoms with van der Waals surface area (Å²) in [6.07, 6.45) is -37.4. The molecule has 0 aromatic heterocycles. The standard InChI is InChI=1S/C60H100O29/c1-23(9-13-35(57(4,5)79)88-55-50(89-54-49(78)43(72)38(67)29(20-63)84-54)45(74)40(69)31(86-55)22-81-52-47(76)42(71)37(66)28(19-62)83-52)24-15-16-58(6)32-12-10-25-26(60(32,8)33(64)17-59(24,58)7)11-14-34(56(25,2)3)87-53-48(77)44(73)39(68)30(85-53)21-80-51-46(75)41(70)36(65)27(18-61)82-51/h10,23-24,26-32,34-55,61-63,65-79H,9,11-22H2,1-8H3/t23-,24-,26-,27-,28-,29-,30-,31-,32-,34+,35-,36-,37-,38-,39-,40-,41+,42+,43+,44+,45+,46-,47-,48-,49-,50-,51-,52-,53+,54+,55+,58+,59-,60+/m0/s1. The normalized spacial score (nSPS) is 51.0. The number of carbonyl (C=O) groups excluding carboxylic acids is 1. The quantitative estimate of drug-likeness (QED) is 0.0507. The van der Waals surface area contributed by atoms with Gasteiger partial charge < -0.3 is 139 Å². The largest absolute Gasteiger partial charge is 0.394 e. The minimum atomic E-state index is -1.97. The fourth-order valence-electron chi connectivity index (χ4n) is 16.7. The van der Waals surface area contributed by atoms with E-state index in [0.717, 1.165) is 18.4 Å². The fraction of sp³-hybridized carbons (Fsp3) is 0.950. The molecular formula is C60H100O29. The zero-order valence-electron chi connectivity index (χ0n) is 51.7. The second-order valence-electron chi connectivity index (χ2n) is 28.5. The lowest BCUT2D eigenvalue weighted by Crippen LogP contribution is -2.65. The van der Waals surface area contributed by atoms with Crippen LogP contribution in [-0.2, 0) is 52.2 Å². The van der Waals surface area contributed by atoms with Crippen LogP contribution in [0.3, 0.4) is 0 Å². The van der Waals surface area contributed by atoms with Gasteiger partial charge in [0.15, 0.2) is 31.5 Å². The third-order valence-electron chi connectivity index (χ3n) is 22.6. The number of fused-ring (bicyclic) bond motifs is 5. The molecule has 5 saturated heterocycles. The van der Waals surface area contributed by atoms with Gasteiger partial charge in [0.05, 0.1) is 50.8 Å². The molecule has 514 valence electrons. The molecule has 0 amide bonds. The van der Waals surface area contributed by atoms with Crippen LogP contribution in [0.1, 0.15) is 107 Å². The first kappa shape index (κ1) is 71.6. The Balaban J connectivity index is 0.884. The molecular weight excluding hydrogens is 1180 g/mol. The molecule has 29 heteroatoms. The lowest BCUT2D eigenvalue weighted by molar-refractivity contribution is -0.380. The van der Waals surface area contributed by atoms with Crippen molar-refractivity contribution in [3.63, 3.8) is 0 Å². The number of allylic oxidation sites excluding steroid dienone is 1. The Morgan fingerprint density at radius 1 is 0.539 bits per heavy atom. The zero-order chi connectivity index (χ0) is 65.5. The molecule has 89 heavy (non-hydrogen) atoms. The third-order valence-corrected chi connectivity index (χ3v) is 22.6. The highest BCUT2D eigenvalue weighted by Crippen LogP contribution is 2.74. The molecule has 18 N–H and O–H groups in total. The van der Waals surface area contributed by atoms with Gasteiger partial charge in [0.1, 0.15) is 128 Å². The van der Waals surface area contributed by atoms with E-state index in [-0.39, 0.29) is 47.7 Å². The van der Waals surface area contributed by atoms with Crippen molar-refractivity contribution in [3.05, 3.63) is 11.6 Å². The molecule has 9 aliphatic rings. The van der Waals surface area contributed by atoms with E-state index in [1.807, 2.05) is 13.8 Å². The summed E-state index contributed by atoms with van der Waals surface area (Å²) in [6, 6.07) is 0. The van der Waals surface area contributed by atoms with Crippen molar-refractivity contribution in [1.82, 2.24) is 0 Å². The number of ether oxygens (including phenoxy) is 10. The molecule has 0 bridgehead atoms. The summed E-state index contributed by atoms with van der Waals surface area (Å²) in [5.41, 5.74) is -2.96. The minimum Gasteiger partial charge on any atom is -0.394 e. The van der Waals surface area contributed by atoms with Crippen molar-refractivity contribution in [1.29, 1.82) is 0 Å². The number of hydrogen-bond acceptors (Lipinski definition) is 29. The molecule has 0 spiro atoms. The SMILES string of the molecule is C[C@@H](CC[C@H](O[C@H]1O[C@@H](CO[C@H]2O[C@@H](CO)[C@H](O)[C@@H](O)[C@@H]2O)[C@H](O)[C@@H](O)[C@@H]1O[C@H]1O[C@@H](CO)[C@H](O)[C@@H](O)[C@@H]1O)C(C)(C)O)[C@@H]1CC[C@]2(C)[C@@H]3CC=C4[C@H](CC[C@@H](O[C@H]5O[C@@H](CO[C@H]6O[C@@H](CO)[C@H](O)[C@@H](O)[C@@H]6O)[C@H](O)[C@@H](O)[C@@H]5O)C4(C)C)[C@@]3(C)C(=O)C[C@@]12C. The maximum Gasteiger partial charge on any atom is 0.187 e. The molecule has 5 aliphatic heterocycles. The number of carbonyl (C=O) groups is 1. The highest BCUT2D eigenvalue weighted by Gasteiger charge is 2.71. The first-order valence-electron chi connectivity index (χ1n) is 31.4. The molecule has 4 aliphatic carbocycles. The van der Waals surface area contributed by atoms with E-state index < -0.39 is 221 Å². The van der Waals surface area contributed by atoms with Gasteiger partial charge in [-0.05, 0) is 93.3 Å². The molecule has 3 saturated carbocycles. The number of aliphatic hydroxyl groups excluding tert-OH is 17. The Kier molecular flexibility index (Phi) is 22.1. The van der Waals surface area contributed by atoms with E-state index in [4.69, 9.17) is 47.4 Å². The van der Waals surface area contributed by atoms with Crippen LogP contribution in [0, 0.1) is 45.3 Å². The maximum absolute atomic E-state index is 15.4. The Morgan fingerprint density at radius 3 is 1.47 bits per heavy atom. The Bertz CT molecular complexity index is 2390. The molecule has 0 aromatic rings. The summed E-state index contributed by atoms with van der Waals surface area (Å²) in [6.45, 7) is 12.2. The molecule has 29 nitrogen and oxygen atoms in total. The maximum atomic E-state index is 15.4. The van der Waals surface area contributed by atoms with E-state index in [0.29, 0.717) is 25.7 Å². The Hall–Kier alpha value is -1.71. The van der Waals surface area contributed by atoms with Gasteiger partial charge in [-0.1, -0.05) is 53.2 Å². The molecule has 0 radical (unpaired) electrons. The lowest BCUT2D eigenvalue weighted by atomic mass is 9.38. The predicted octanol–water partition coefficient (Wildman–Crippen LogP) is -5.20. The third kappa shape index (κ3) is 13.0. The number of rotatable bonds is 20. The molecule has 0 aromatic carbocycles. The van der Waals surface area contributed by atoms with Gasteiger partial charge in [0, 0.05) is 17.3 Å². The first-order chi connectivity index (χ1) is 41.6. The van der Waals surface area contributed by atoms with Crippen LogP contribution in [-0.4, -0.2) is 302 Å². The van der Waals surface area contributed by atoms with Crippen molar-refractivity contribution in [2.45, 2.75) is 278 Å². The van der Waals surface area contributed by atoms with Gasteiger partial charge >= 0.3 is 0 Å². The minimum absolute atomic E-state index is 0.00532. The van der Waals surface area contributed by atoms with Gasteiger partial charge in [-0.25, -0.2) is 0 Å².